The van der Waals surface area contributed by atoms with Crippen molar-refractivity contribution in [3.05, 3.63) is 54.1 Å². The third-order valence-electron chi connectivity index (χ3n) is 4.50. The summed E-state index contributed by atoms with van der Waals surface area (Å²) in [6, 6.07) is 16.3. The molecule has 158 valence electrons. The van der Waals surface area contributed by atoms with Crippen molar-refractivity contribution in [2.75, 3.05) is 12.9 Å². The fourth-order valence-corrected chi connectivity index (χ4v) is 3.90. The zero-order chi connectivity index (χ0) is 21.5. The summed E-state index contributed by atoms with van der Waals surface area (Å²) in [5, 5.41) is 12.6. The van der Waals surface area contributed by atoms with Gasteiger partial charge in [0, 0.05) is 29.5 Å². The average Bonchev–Trinajstić information content (AvgIpc) is 3.15. The molecule has 0 saturated heterocycles. The molecule has 0 atom stereocenters. The van der Waals surface area contributed by atoms with Crippen LogP contribution >= 0.6 is 11.8 Å². The van der Waals surface area contributed by atoms with Crippen LogP contribution in [0.5, 0.6) is 5.75 Å². The summed E-state index contributed by atoms with van der Waals surface area (Å²) in [4.78, 5) is 11.9. The lowest BCUT2D eigenvalue weighted by Gasteiger charge is -2.11. The number of aromatic nitrogens is 3. The molecule has 0 fully saturated rings. The summed E-state index contributed by atoms with van der Waals surface area (Å²) in [7, 11) is 1.65. The molecule has 7 heteroatoms. The van der Waals surface area contributed by atoms with E-state index in [-0.39, 0.29) is 11.9 Å². The minimum Gasteiger partial charge on any atom is -0.497 e. The Morgan fingerprint density at radius 1 is 1.10 bits per heavy atom. The van der Waals surface area contributed by atoms with E-state index in [2.05, 4.69) is 51.3 Å². The van der Waals surface area contributed by atoms with Crippen LogP contribution in [0.1, 0.15) is 32.3 Å². The van der Waals surface area contributed by atoms with Gasteiger partial charge in [0.1, 0.15) is 5.75 Å². The molecule has 0 unspecified atom stereocenters. The van der Waals surface area contributed by atoms with Gasteiger partial charge in [-0.25, -0.2) is 0 Å². The topological polar surface area (TPSA) is 69.0 Å². The summed E-state index contributed by atoms with van der Waals surface area (Å²) in [6.07, 6.45) is 1.28. The Bertz CT molecular complexity index is 966. The summed E-state index contributed by atoms with van der Waals surface area (Å²) < 4.78 is 7.35. The van der Waals surface area contributed by atoms with Crippen molar-refractivity contribution in [2.45, 2.75) is 44.8 Å². The van der Waals surface area contributed by atoms with Crippen LogP contribution in [0, 0.1) is 6.92 Å². The van der Waals surface area contributed by atoms with E-state index in [0.717, 1.165) is 40.2 Å². The van der Waals surface area contributed by atoms with E-state index >= 15 is 0 Å². The number of methoxy groups -OCH3 is 1. The van der Waals surface area contributed by atoms with Crippen molar-refractivity contribution in [2.24, 2.45) is 0 Å². The minimum atomic E-state index is 0.0857. The third kappa shape index (κ3) is 5.63. The smallest absolute Gasteiger partial charge is 0.220 e. The van der Waals surface area contributed by atoms with Gasteiger partial charge >= 0.3 is 0 Å². The van der Waals surface area contributed by atoms with E-state index in [1.807, 2.05) is 38.1 Å². The molecule has 0 aliphatic heterocycles. The van der Waals surface area contributed by atoms with Crippen LogP contribution in [-0.4, -0.2) is 39.6 Å². The van der Waals surface area contributed by atoms with Crippen LogP contribution in [0.3, 0.4) is 0 Å². The Labute approximate surface area is 182 Å². The van der Waals surface area contributed by atoms with Crippen molar-refractivity contribution in [1.82, 2.24) is 20.1 Å². The number of amides is 1. The molecule has 0 saturated carbocycles. The van der Waals surface area contributed by atoms with Crippen LogP contribution in [0.2, 0.25) is 0 Å². The Kier molecular flexibility index (Phi) is 7.52. The Morgan fingerprint density at radius 3 is 2.43 bits per heavy atom. The fourth-order valence-electron chi connectivity index (χ4n) is 3.01. The normalized spacial score (nSPS) is 11.0. The van der Waals surface area contributed by atoms with Crippen molar-refractivity contribution >= 4 is 17.7 Å². The van der Waals surface area contributed by atoms with Crippen LogP contribution in [0.4, 0.5) is 0 Å². The number of nitrogens with zero attached hydrogens (tertiary/aromatic N) is 3. The Balaban J connectivity index is 1.82. The summed E-state index contributed by atoms with van der Waals surface area (Å²) in [5.74, 6) is 2.46. The SMILES string of the molecule is COc1ccc(-n2c(SCCCC(=O)NC(C)C)nnc2-c2ccc(C)cc2)cc1. The molecule has 3 aromatic rings. The lowest BCUT2D eigenvalue weighted by atomic mass is 10.1. The molecule has 3 rings (SSSR count). The van der Waals surface area contributed by atoms with E-state index in [9.17, 15) is 4.79 Å². The summed E-state index contributed by atoms with van der Waals surface area (Å²) >= 11 is 1.61. The molecule has 0 bridgehead atoms. The van der Waals surface area contributed by atoms with Crippen LogP contribution in [0.25, 0.3) is 17.1 Å². The number of carbonyl (C=O) groups is 1. The lowest BCUT2D eigenvalue weighted by molar-refractivity contribution is -0.121. The largest absolute Gasteiger partial charge is 0.497 e. The first-order chi connectivity index (χ1) is 14.5. The predicted molar refractivity (Wildman–Crippen MR) is 121 cm³/mol. The van der Waals surface area contributed by atoms with Gasteiger partial charge in [-0.3, -0.25) is 9.36 Å². The second kappa shape index (κ2) is 10.3. The van der Waals surface area contributed by atoms with Crippen LogP contribution in [0.15, 0.2) is 53.7 Å². The molecule has 1 amide bonds. The second-order valence-corrected chi connectivity index (χ2v) is 8.44. The molecule has 0 spiro atoms. The number of nitrogens with one attached hydrogen (secondary N) is 1. The number of aryl methyl sites for hydroxylation is 1. The number of hydrogen-bond acceptors (Lipinski definition) is 5. The van der Waals surface area contributed by atoms with Crippen molar-refractivity contribution in [1.29, 1.82) is 0 Å². The minimum absolute atomic E-state index is 0.0857. The zero-order valence-corrected chi connectivity index (χ0v) is 18.7. The highest BCUT2D eigenvalue weighted by Crippen LogP contribution is 2.29. The van der Waals surface area contributed by atoms with Crippen LogP contribution in [-0.2, 0) is 4.79 Å². The first kappa shape index (κ1) is 21.9. The summed E-state index contributed by atoms with van der Waals surface area (Å²) in [5.41, 5.74) is 3.17. The van der Waals surface area contributed by atoms with Gasteiger partial charge in [-0.15, -0.1) is 10.2 Å². The molecule has 6 nitrogen and oxygen atoms in total. The van der Waals surface area contributed by atoms with Crippen LogP contribution < -0.4 is 10.1 Å². The fraction of sp³-hybridized carbons (Fsp3) is 0.348. The van der Waals surface area contributed by atoms with E-state index in [0.29, 0.717) is 6.42 Å². The van der Waals surface area contributed by atoms with Gasteiger partial charge < -0.3 is 10.1 Å². The molecule has 1 aromatic heterocycles. The lowest BCUT2D eigenvalue weighted by Crippen LogP contribution is -2.29. The van der Waals surface area contributed by atoms with Gasteiger partial charge in [0.15, 0.2) is 11.0 Å². The maximum Gasteiger partial charge on any atom is 0.220 e. The first-order valence-corrected chi connectivity index (χ1v) is 11.1. The first-order valence-electron chi connectivity index (χ1n) is 10.1. The van der Waals surface area contributed by atoms with E-state index in [1.165, 1.54) is 5.56 Å². The third-order valence-corrected chi connectivity index (χ3v) is 5.52. The number of benzene rings is 2. The standard InChI is InChI=1S/C23H28N4O2S/c1-16(2)24-21(28)6-5-15-30-23-26-25-22(18-9-7-17(3)8-10-18)27(23)19-11-13-20(29-4)14-12-19/h7-14,16H,5-6,15H2,1-4H3,(H,24,28). The highest BCUT2D eigenvalue weighted by Gasteiger charge is 2.16. The number of hydrogen-bond donors (Lipinski definition) is 1. The second-order valence-electron chi connectivity index (χ2n) is 7.38. The van der Waals surface area contributed by atoms with Crippen molar-refractivity contribution < 1.29 is 9.53 Å². The maximum atomic E-state index is 11.9. The van der Waals surface area contributed by atoms with Gasteiger partial charge in [-0.05, 0) is 51.5 Å². The van der Waals surface area contributed by atoms with E-state index < -0.39 is 0 Å². The Morgan fingerprint density at radius 2 is 1.80 bits per heavy atom. The number of thioether (sulfide) groups is 1. The quantitative estimate of drug-likeness (QED) is 0.400. The zero-order valence-electron chi connectivity index (χ0n) is 17.9. The molecule has 2 aromatic carbocycles. The summed E-state index contributed by atoms with van der Waals surface area (Å²) in [6.45, 7) is 6.00. The average molecular weight is 425 g/mol. The monoisotopic (exact) mass is 424 g/mol. The maximum absolute atomic E-state index is 11.9. The molecule has 0 aliphatic rings. The molecular formula is C23H28N4O2S. The van der Waals surface area contributed by atoms with Gasteiger partial charge in [-0.1, -0.05) is 41.6 Å². The molecular weight excluding hydrogens is 396 g/mol. The predicted octanol–water partition coefficient (Wildman–Crippen LogP) is 4.65. The van der Waals surface area contributed by atoms with Gasteiger partial charge in [0.05, 0.1) is 7.11 Å². The molecule has 0 radical (unpaired) electrons. The molecule has 30 heavy (non-hydrogen) atoms. The van der Waals surface area contributed by atoms with Crippen molar-refractivity contribution in [3.63, 3.8) is 0 Å². The van der Waals surface area contributed by atoms with Gasteiger partial charge in [0.25, 0.3) is 0 Å². The van der Waals surface area contributed by atoms with Crippen molar-refractivity contribution in [3.8, 4) is 22.8 Å². The number of carbonyl (C=O) groups excluding carboxylic acids is 1. The van der Waals surface area contributed by atoms with Gasteiger partial charge in [-0.2, -0.15) is 0 Å². The Hall–Kier alpha value is -2.80. The highest BCUT2D eigenvalue weighted by molar-refractivity contribution is 7.99. The number of rotatable bonds is 9. The molecule has 1 N–H and O–H groups in total. The highest BCUT2D eigenvalue weighted by atomic mass is 32.2. The molecule has 0 aliphatic carbocycles. The van der Waals surface area contributed by atoms with E-state index in [1.54, 1.807) is 18.9 Å². The number of ether oxygens (including phenoxy) is 1. The van der Waals surface area contributed by atoms with Gasteiger partial charge in [0.2, 0.25) is 5.91 Å². The molecule has 1 heterocycles. The van der Waals surface area contributed by atoms with E-state index in [4.69, 9.17) is 4.74 Å².